The van der Waals surface area contributed by atoms with Crippen molar-refractivity contribution in [1.29, 1.82) is 0 Å². The van der Waals surface area contributed by atoms with Crippen LogP contribution in [0.25, 0.3) is 0 Å². The SMILES string of the molecule is COC(=O)c1occc1CNc1cccnc1OC. The van der Waals surface area contributed by atoms with Crippen LogP contribution in [0.2, 0.25) is 0 Å². The fraction of sp³-hybridized carbons (Fsp3) is 0.231. The molecule has 0 atom stereocenters. The number of ether oxygens (including phenoxy) is 2. The minimum atomic E-state index is -0.500. The van der Waals surface area contributed by atoms with E-state index in [1.165, 1.54) is 13.4 Å². The van der Waals surface area contributed by atoms with Crippen molar-refractivity contribution in [2.45, 2.75) is 6.54 Å². The van der Waals surface area contributed by atoms with Gasteiger partial charge in [-0.2, -0.15) is 0 Å². The summed E-state index contributed by atoms with van der Waals surface area (Å²) < 4.78 is 14.9. The minimum Gasteiger partial charge on any atom is -0.480 e. The minimum absolute atomic E-state index is 0.192. The molecule has 0 aliphatic carbocycles. The molecule has 0 radical (unpaired) electrons. The van der Waals surface area contributed by atoms with E-state index in [1.807, 2.05) is 6.07 Å². The van der Waals surface area contributed by atoms with Gasteiger partial charge in [0.15, 0.2) is 0 Å². The predicted octanol–water partition coefficient (Wildman–Crippen LogP) is 2.08. The van der Waals surface area contributed by atoms with Gasteiger partial charge in [-0.1, -0.05) is 0 Å². The summed E-state index contributed by atoms with van der Waals surface area (Å²) in [4.78, 5) is 15.5. The number of carbonyl (C=O) groups excluding carboxylic acids is 1. The molecule has 0 amide bonds. The molecule has 19 heavy (non-hydrogen) atoms. The molecule has 100 valence electrons. The highest BCUT2D eigenvalue weighted by Gasteiger charge is 2.15. The summed E-state index contributed by atoms with van der Waals surface area (Å²) in [6.45, 7) is 0.406. The first-order valence-corrected chi connectivity index (χ1v) is 5.63. The first-order valence-electron chi connectivity index (χ1n) is 5.63. The Balaban J connectivity index is 2.11. The Morgan fingerprint density at radius 1 is 1.42 bits per heavy atom. The molecule has 0 aliphatic heterocycles. The molecule has 0 fully saturated rings. The molecule has 0 saturated carbocycles. The summed E-state index contributed by atoms with van der Waals surface area (Å²) in [6, 6.07) is 5.34. The van der Waals surface area contributed by atoms with E-state index in [0.717, 1.165) is 5.69 Å². The molecule has 6 nitrogen and oxygen atoms in total. The summed E-state index contributed by atoms with van der Waals surface area (Å²) in [6.07, 6.45) is 3.09. The molecule has 0 saturated heterocycles. The number of hydrogen-bond donors (Lipinski definition) is 1. The molecule has 0 aliphatic rings. The maximum Gasteiger partial charge on any atom is 0.374 e. The van der Waals surface area contributed by atoms with Crippen LogP contribution in [0.5, 0.6) is 5.88 Å². The molecular weight excluding hydrogens is 248 g/mol. The van der Waals surface area contributed by atoms with E-state index in [0.29, 0.717) is 18.0 Å². The highest BCUT2D eigenvalue weighted by molar-refractivity contribution is 5.87. The first-order chi connectivity index (χ1) is 9.26. The summed E-state index contributed by atoms with van der Waals surface area (Å²) in [7, 11) is 2.86. The lowest BCUT2D eigenvalue weighted by molar-refractivity contribution is 0.0563. The summed E-state index contributed by atoms with van der Waals surface area (Å²) in [5, 5.41) is 3.13. The van der Waals surface area contributed by atoms with E-state index < -0.39 is 5.97 Å². The summed E-state index contributed by atoms with van der Waals surface area (Å²) in [5.41, 5.74) is 1.44. The van der Waals surface area contributed by atoms with E-state index in [1.54, 1.807) is 25.4 Å². The van der Waals surface area contributed by atoms with Gasteiger partial charge in [0.25, 0.3) is 0 Å². The lowest BCUT2D eigenvalue weighted by atomic mass is 10.2. The maximum absolute atomic E-state index is 11.4. The number of aromatic nitrogens is 1. The number of anilines is 1. The van der Waals surface area contributed by atoms with Crippen LogP contribution in [0.15, 0.2) is 35.1 Å². The number of hydrogen-bond acceptors (Lipinski definition) is 6. The number of rotatable bonds is 5. The fourth-order valence-corrected chi connectivity index (χ4v) is 1.63. The van der Waals surface area contributed by atoms with Crippen LogP contribution in [-0.4, -0.2) is 25.2 Å². The summed E-state index contributed by atoms with van der Waals surface area (Å²) >= 11 is 0. The third kappa shape index (κ3) is 2.85. The van der Waals surface area contributed by atoms with E-state index >= 15 is 0 Å². The van der Waals surface area contributed by atoms with Crippen molar-refractivity contribution in [3.63, 3.8) is 0 Å². The van der Waals surface area contributed by atoms with Crippen molar-refractivity contribution in [1.82, 2.24) is 4.98 Å². The number of nitrogens with one attached hydrogen (secondary N) is 1. The van der Waals surface area contributed by atoms with Gasteiger partial charge in [-0.15, -0.1) is 0 Å². The highest BCUT2D eigenvalue weighted by atomic mass is 16.5. The Labute approximate surface area is 110 Å². The molecule has 0 aromatic carbocycles. The lowest BCUT2D eigenvalue weighted by Gasteiger charge is -2.09. The van der Waals surface area contributed by atoms with Crippen molar-refractivity contribution < 1.29 is 18.7 Å². The third-order valence-electron chi connectivity index (χ3n) is 2.55. The molecule has 2 rings (SSSR count). The van der Waals surface area contributed by atoms with Crippen molar-refractivity contribution in [3.05, 3.63) is 42.0 Å². The number of esters is 1. The van der Waals surface area contributed by atoms with Gasteiger partial charge in [-0.25, -0.2) is 9.78 Å². The zero-order valence-corrected chi connectivity index (χ0v) is 10.7. The van der Waals surface area contributed by atoms with E-state index in [4.69, 9.17) is 9.15 Å². The monoisotopic (exact) mass is 262 g/mol. The zero-order valence-electron chi connectivity index (χ0n) is 10.7. The van der Waals surface area contributed by atoms with Crippen molar-refractivity contribution >= 4 is 11.7 Å². The molecule has 6 heteroatoms. The molecule has 2 aromatic heterocycles. The molecule has 0 unspecified atom stereocenters. The Morgan fingerprint density at radius 3 is 3.00 bits per heavy atom. The van der Waals surface area contributed by atoms with Gasteiger partial charge in [0.2, 0.25) is 11.6 Å². The third-order valence-corrected chi connectivity index (χ3v) is 2.55. The van der Waals surface area contributed by atoms with E-state index in [-0.39, 0.29) is 5.76 Å². The predicted molar refractivity (Wildman–Crippen MR) is 68.2 cm³/mol. The Morgan fingerprint density at radius 2 is 2.26 bits per heavy atom. The number of pyridine rings is 1. The second-order valence-electron chi connectivity index (χ2n) is 3.68. The molecule has 1 N–H and O–H groups in total. The van der Waals surface area contributed by atoms with Crippen LogP contribution < -0.4 is 10.1 Å². The fourth-order valence-electron chi connectivity index (χ4n) is 1.63. The van der Waals surface area contributed by atoms with Gasteiger partial charge in [0.05, 0.1) is 26.2 Å². The van der Waals surface area contributed by atoms with Crippen molar-refractivity contribution in [3.8, 4) is 5.88 Å². The average molecular weight is 262 g/mol. The molecule has 2 heterocycles. The average Bonchev–Trinajstić information content (AvgIpc) is 2.93. The van der Waals surface area contributed by atoms with Crippen LogP contribution >= 0.6 is 0 Å². The van der Waals surface area contributed by atoms with E-state index in [9.17, 15) is 4.79 Å². The van der Waals surface area contributed by atoms with Crippen LogP contribution in [0.3, 0.4) is 0 Å². The smallest absolute Gasteiger partial charge is 0.374 e. The standard InChI is InChI=1S/C13H14N2O4/c1-17-12-10(4-3-6-14-12)15-8-9-5-7-19-11(9)13(16)18-2/h3-7,15H,8H2,1-2H3. The van der Waals surface area contributed by atoms with Gasteiger partial charge in [-0.3, -0.25) is 0 Å². The van der Waals surface area contributed by atoms with Crippen LogP contribution in [-0.2, 0) is 11.3 Å². The second kappa shape index (κ2) is 5.90. The maximum atomic E-state index is 11.4. The second-order valence-corrected chi connectivity index (χ2v) is 3.68. The van der Waals surface area contributed by atoms with Crippen LogP contribution in [0.1, 0.15) is 16.1 Å². The highest BCUT2D eigenvalue weighted by Crippen LogP contribution is 2.21. The molecule has 2 aromatic rings. The van der Waals surface area contributed by atoms with Gasteiger partial charge < -0.3 is 19.2 Å². The normalized spacial score (nSPS) is 10.0. The van der Waals surface area contributed by atoms with Gasteiger partial charge in [-0.05, 0) is 18.2 Å². The van der Waals surface area contributed by atoms with Crippen LogP contribution in [0.4, 0.5) is 5.69 Å². The Bertz CT molecular complexity index is 565. The Kier molecular flexibility index (Phi) is 4.02. The van der Waals surface area contributed by atoms with Crippen molar-refractivity contribution in [2.75, 3.05) is 19.5 Å². The largest absolute Gasteiger partial charge is 0.480 e. The lowest BCUT2D eigenvalue weighted by Crippen LogP contribution is -2.07. The first kappa shape index (κ1) is 12.9. The number of nitrogens with zero attached hydrogens (tertiary/aromatic N) is 1. The summed E-state index contributed by atoms with van der Waals surface area (Å²) in [5.74, 6) is 0.184. The van der Waals surface area contributed by atoms with Crippen molar-refractivity contribution in [2.24, 2.45) is 0 Å². The topological polar surface area (TPSA) is 73.6 Å². The Hall–Kier alpha value is -2.50. The zero-order chi connectivity index (χ0) is 13.7. The number of carbonyl (C=O) groups is 1. The molecule has 0 bridgehead atoms. The van der Waals surface area contributed by atoms with Gasteiger partial charge in [0.1, 0.15) is 0 Å². The van der Waals surface area contributed by atoms with Gasteiger partial charge in [0, 0.05) is 18.3 Å². The number of furan rings is 1. The van der Waals surface area contributed by atoms with E-state index in [2.05, 4.69) is 15.0 Å². The molecular formula is C13H14N2O4. The van der Waals surface area contributed by atoms with Gasteiger partial charge >= 0.3 is 5.97 Å². The van der Waals surface area contributed by atoms with Crippen LogP contribution in [0, 0.1) is 0 Å². The quantitative estimate of drug-likeness (QED) is 0.832. The molecule has 0 spiro atoms. The number of methoxy groups -OCH3 is 2.